The fourth-order valence-electron chi connectivity index (χ4n) is 6.97. The molecule has 0 aromatic heterocycles. The lowest BCUT2D eigenvalue weighted by Gasteiger charge is -2.50. The Labute approximate surface area is 226 Å². The monoisotopic (exact) mass is 537 g/mol. The molecule has 208 valence electrons. The van der Waals surface area contributed by atoms with Gasteiger partial charge in [0.15, 0.2) is 11.4 Å². The van der Waals surface area contributed by atoms with Crippen molar-refractivity contribution in [3.8, 4) is 5.75 Å². The molecule has 0 fully saturated rings. The Bertz CT molecular complexity index is 1380. The summed E-state index contributed by atoms with van der Waals surface area (Å²) < 4.78 is 0. The molecule has 1 aromatic rings. The van der Waals surface area contributed by atoms with Crippen molar-refractivity contribution in [1.82, 2.24) is 9.80 Å². The Kier molecular flexibility index (Phi) is 6.69. The summed E-state index contributed by atoms with van der Waals surface area (Å²) in [5.41, 5.74) is 4.11. The molecule has 0 radical (unpaired) electrons. The average Bonchev–Trinajstić information content (AvgIpc) is 2.88. The third-order valence-electron chi connectivity index (χ3n) is 8.81. The van der Waals surface area contributed by atoms with Crippen LogP contribution < -0.4 is 5.73 Å². The van der Waals surface area contributed by atoms with Crippen LogP contribution in [0.2, 0.25) is 0 Å². The number of allylic oxidation sites excluding steroid dienone is 1. The summed E-state index contributed by atoms with van der Waals surface area (Å²) in [4.78, 5) is 43.3. The molecule has 1 aromatic carbocycles. The number of ketones is 2. The number of phenolic OH excluding ortho intramolecular Hbond substituents is 1. The molecule has 39 heavy (non-hydrogen) atoms. The van der Waals surface area contributed by atoms with E-state index in [0.29, 0.717) is 30.5 Å². The molecule has 0 saturated carbocycles. The minimum Gasteiger partial charge on any atom is -0.510 e. The van der Waals surface area contributed by atoms with E-state index in [9.17, 15) is 34.8 Å². The summed E-state index contributed by atoms with van der Waals surface area (Å²) in [7, 11) is 3.22. The molecule has 0 spiro atoms. The number of aliphatic hydroxyl groups is 3. The number of hydrogen-bond donors (Lipinski definition) is 5. The number of carbonyl (C=O) groups is 3. The zero-order valence-electron chi connectivity index (χ0n) is 22.4. The van der Waals surface area contributed by atoms with Crippen LogP contribution in [-0.4, -0.2) is 86.5 Å². The number of aromatic hydroxyl groups is 1. The number of nitrogens with zero attached hydrogens (tertiary/aromatic N) is 2. The summed E-state index contributed by atoms with van der Waals surface area (Å²) >= 11 is 0. The van der Waals surface area contributed by atoms with Crippen molar-refractivity contribution in [3.63, 3.8) is 0 Å². The van der Waals surface area contributed by atoms with Crippen molar-refractivity contribution in [2.45, 2.75) is 50.8 Å². The van der Waals surface area contributed by atoms with Crippen LogP contribution in [0.1, 0.15) is 46.8 Å². The van der Waals surface area contributed by atoms with Gasteiger partial charge >= 0.3 is 0 Å². The number of nitrogens with two attached hydrogens (primary N) is 1. The maximum atomic E-state index is 14.0. The van der Waals surface area contributed by atoms with Crippen LogP contribution in [0.4, 0.5) is 0 Å². The third kappa shape index (κ3) is 3.92. The van der Waals surface area contributed by atoms with Gasteiger partial charge in [-0.15, -0.1) is 0 Å². The van der Waals surface area contributed by atoms with E-state index in [2.05, 4.69) is 17.1 Å². The summed E-state index contributed by atoms with van der Waals surface area (Å²) in [6, 6.07) is 0.934. The Morgan fingerprint density at radius 3 is 2.49 bits per heavy atom. The van der Waals surface area contributed by atoms with Gasteiger partial charge in [0.05, 0.1) is 11.6 Å². The number of aryl methyl sites for hydroxylation is 1. The number of Topliss-reactive ketones (excluding diaryl/α,β-unsaturated/α-hetero) is 2. The van der Waals surface area contributed by atoms with Crippen LogP contribution in [-0.2, 0) is 29.0 Å². The molecule has 0 bridgehead atoms. The SMILES string of the molecule is CCc1cc(CN2CC=CCC2)c(O)c2c1C[C@H]1C[C@H]3[C@H](N(C)C)C(O)=C(C(N)=O)C(=O)[C@@]3(O)C(O)=C1C2=O. The number of amides is 1. The van der Waals surface area contributed by atoms with Gasteiger partial charge in [0.2, 0.25) is 5.78 Å². The number of fused-ring (bicyclic) bond motifs is 3. The number of phenols is 1. The predicted octanol–water partition coefficient (Wildman–Crippen LogP) is 1.44. The number of rotatable bonds is 5. The van der Waals surface area contributed by atoms with E-state index in [-0.39, 0.29) is 23.3 Å². The second-order valence-corrected chi connectivity index (χ2v) is 11.2. The molecule has 1 amide bonds. The van der Waals surface area contributed by atoms with Gasteiger partial charge in [-0.1, -0.05) is 25.1 Å². The molecular weight excluding hydrogens is 502 g/mol. The smallest absolute Gasteiger partial charge is 0.255 e. The van der Waals surface area contributed by atoms with Crippen LogP contribution in [0.15, 0.2) is 40.9 Å². The van der Waals surface area contributed by atoms with Crippen LogP contribution >= 0.6 is 0 Å². The van der Waals surface area contributed by atoms with Gasteiger partial charge in [-0.05, 0) is 56.8 Å². The van der Waals surface area contributed by atoms with Gasteiger partial charge in [-0.3, -0.25) is 24.2 Å². The summed E-state index contributed by atoms with van der Waals surface area (Å²) in [6.07, 6.45) is 6.07. The number of hydrogen-bond acceptors (Lipinski definition) is 9. The fourth-order valence-corrected chi connectivity index (χ4v) is 6.97. The Morgan fingerprint density at radius 2 is 1.90 bits per heavy atom. The largest absolute Gasteiger partial charge is 0.510 e. The van der Waals surface area contributed by atoms with E-state index >= 15 is 0 Å². The second-order valence-electron chi connectivity index (χ2n) is 11.2. The van der Waals surface area contributed by atoms with Gasteiger partial charge < -0.3 is 26.2 Å². The van der Waals surface area contributed by atoms with Gasteiger partial charge in [0.1, 0.15) is 22.8 Å². The highest BCUT2D eigenvalue weighted by atomic mass is 16.3. The number of aliphatic hydroxyl groups excluding tert-OH is 2. The summed E-state index contributed by atoms with van der Waals surface area (Å²) in [5, 5.41) is 45.4. The van der Waals surface area contributed by atoms with E-state index in [4.69, 9.17) is 5.73 Å². The van der Waals surface area contributed by atoms with Crippen molar-refractivity contribution in [1.29, 1.82) is 0 Å². The number of carbonyl (C=O) groups excluding carboxylic acids is 3. The number of benzene rings is 1. The molecule has 5 rings (SSSR count). The summed E-state index contributed by atoms with van der Waals surface area (Å²) in [5.74, 6) is -6.30. The molecule has 0 saturated heterocycles. The van der Waals surface area contributed by atoms with Crippen molar-refractivity contribution >= 4 is 17.5 Å². The molecule has 10 heteroatoms. The second kappa shape index (κ2) is 9.62. The van der Waals surface area contributed by atoms with Crippen LogP contribution in [0, 0.1) is 11.8 Å². The Hall–Kier alpha value is -3.47. The first kappa shape index (κ1) is 27.1. The van der Waals surface area contributed by atoms with E-state index < -0.39 is 58.0 Å². The molecule has 1 aliphatic heterocycles. The zero-order chi connectivity index (χ0) is 28.4. The van der Waals surface area contributed by atoms with Gasteiger partial charge in [0.25, 0.3) is 5.91 Å². The summed E-state index contributed by atoms with van der Waals surface area (Å²) in [6.45, 7) is 3.97. The van der Waals surface area contributed by atoms with Crippen molar-refractivity contribution < 1.29 is 34.8 Å². The molecular formula is C29H35N3O7. The van der Waals surface area contributed by atoms with Gasteiger partial charge in [-0.25, -0.2) is 0 Å². The molecule has 1 heterocycles. The minimum absolute atomic E-state index is 0.0809. The topological polar surface area (TPSA) is 165 Å². The van der Waals surface area contributed by atoms with Crippen LogP contribution in [0.5, 0.6) is 5.75 Å². The van der Waals surface area contributed by atoms with Crippen molar-refractivity contribution in [3.05, 3.63) is 63.1 Å². The number of likely N-dealkylation sites (N-methyl/N-ethyl adjacent to an activating group) is 1. The molecule has 4 aliphatic rings. The first-order chi connectivity index (χ1) is 18.4. The highest BCUT2D eigenvalue weighted by Gasteiger charge is 2.63. The van der Waals surface area contributed by atoms with E-state index in [1.807, 2.05) is 13.0 Å². The number of primary amides is 1. The van der Waals surface area contributed by atoms with Crippen molar-refractivity contribution in [2.24, 2.45) is 17.6 Å². The Morgan fingerprint density at radius 1 is 1.18 bits per heavy atom. The normalized spacial score (nSPS) is 29.0. The molecule has 4 atom stereocenters. The average molecular weight is 538 g/mol. The molecule has 3 aliphatic carbocycles. The van der Waals surface area contributed by atoms with Gasteiger partial charge in [0, 0.05) is 36.7 Å². The van der Waals surface area contributed by atoms with Gasteiger partial charge in [-0.2, -0.15) is 0 Å². The molecule has 0 unspecified atom stereocenters. The molecule has 10 nitrogen and oxygen atoms in total. The predicted molar refractivity (Wildman–Crippen MR) is 142 cm³/mol. The fraction of sp³-hybridized carbons (Fsp3) is 0.483. The van der Waals surface area contributed by atoms with Crippen molar-refractivity contribution in [2.75, 3.05) is 27.2 Å². The highest BCUT2D eigenvalue weighted by molar-refractivity contribution is 6.24. The standard InChI is InChI=1S/C29H35N3O7/c1-4-14-10-16(13-32-8-6-5-7-9-32)23(33)20-17(14)11-15-12-18-22(31(2)3)25(35)21(28(30)38)27(37)29(18,39)26(36)19(15)24(20)34/h5-6,10,15,18,22,33,35-36,39H,4,7-9,11-13H2,1-3H3,(H2,30,38)/t15-,18-,22-,29-/m0/s1. The highest BCUT2D eigenvalue weighted by Crippen LogP contribution is 2.52. The van der Waals surface area contributed by atoms with E-state index in [1.165, 1.54) is 0 Å². The lowest BCUT2D eigenvalue weighted by molar-refractivity contribution is -0.148. The van der Waals surface area contributed by atoms with E-state index in [0.717, 1.165) is 25.1 Å². The quantitative estimate of drug-likeness (QED) is 0.276. The minimum atomic E-state index is -2.63. The lowest BCUT2D eigenvalue weighted by atomic mass is 9.58. The van der Waals surface area contributed by atoms with Crippen LogP contribution in [0.3, 0.4) is 0 Å². The zero-order valence-corrected chi connectivity index (χ0v) is 22.4. The van der Waals surface area contributed by atoms with Crippen LogP contribution in [0.25, 0.3) is 0 Å². The molecule has 6 N–H and O–H groups in total. The maximum absolute atomic E-state index is 14.0. The maximum Gasteiger partial charge on any atom is 0.255 e. The van der Waals surface area contributed by atoms with E-state index in [1.54, 1.807) is 19.0 Å². The first-order valence-corrected chi connectivity index (χ1v) is 13.3. The lowest BCUT2D eigenvalue weighted by Crippen LogP contribution is -2.63. The Balaban J connectivity index is 1.66. The first-order valence-electron chi connectivity index (χ1n) is 13.3. The third-order valence-corrected chi connectivity index (χ3v) is 8.81.